The summed E-state index contributed by atoms with van der Waals surface area (Å²) in [5.74, 6) is 0.289. The molecule has 0 fully saturated rings. The zero-order chi connectivity index (χ0) is 18.1. The Labute approximate surface area is 151 Å². The number of halogens is 2. The monoisotopic (exact) mass is 351 g/mol. The molecule has 3 aromatic carbocycles. The first-order chi connectivity index (χ1) is 12.7. The van der Waals surface area contributed by atoms with E-state index in [1.807, 2.05) is 24.3 Å². The van der Waals surface area contributed by atoms with Crippen molar-refractivity contribution in [2.45, 2.75) is 12.5 Å². The summed E-state index contributed by atoms with van der Waals surface area (Å²) in [7, 11) is 1.65. The third-order valence-corrected chi connectivity index (χ3v) is 4.90. The molecular formula is C22H19F2NO. The smallest absolute Gasteiger partial charge is 0.123 e. The van der Waals surface area contributed by atoms with Gasteiger partial charge in [0, 0.05) is 12.2 Å². The lowest BCUT2D eigenvalue weighted by atomic mass is 9.87. The molecule has 0 saturated carbocycles. The van der Waals surface area contributed by atoms with Crippen LogP contribution >= 0.6 is 0 Å². The van der Waals surface area contributed by atoms with Crippen LogP contribution in [0.4, 0.5) is 14.5 Å². The van der Waals surface area contributed by atoms with Crippen molar-refractivity contribution in [1.82, 2.24) is 0 Å². The van der Waals surface area contributed by atoms with Crippen LogP contribution in [0.1, 0.15) is 22.7 Å². The molecule has 0 bridgehead atoms. The van der Waals surface area contributed by atoms with Gasteiger partial charge in [-0.15, -0.1) is 0 Å². The minimum atomic E-state index is -0.266. The first-order valence-electron chi connectivity index (χ1n) is 8.60. The highest BCUT2D eigenvalue weighted by Gasteiger charge is 2.29. The van der Waals surface area contributed by atoms with Crippen LogP contribution in [0.25, 0.3) is 0 Å². The van der Waals surface area contributed by atoms with E-state index in [1.165, 1.54) is 23.8 Å². The van der Waals surface area contributed by atoms with Crippen molar-refractivity contribution >= 4 is 5.69 Å². The second-order valence-corrected chi connectivity index (χ2v) is 6.44. The number of anilines is 1. The van der Waals surface area contributed by atoms with Gasteiger partial charge >= 0.3 is 0 Å². The van der Waals surface area contributed by atoms with Crippen LogP contribution in [0.15, 0.2) is 66.7 Å². The number of fused-ring (bicyclic) bond motifs is 1. The van der Waals surface area contributed by atoms with Crippen molar-refractivity contribution in [3.63, 3.8) is 0 Å². The molecule has 1 aliphatic heterocycles. The van der Waals surface area contributed by atoms with Crippen molar-refractivity contribution in [3.8, 4) is 5.75 Å². The van der Waals surface area contributed by atoms with E-state index in [4.69, 9.17) is 4.74 Å². The van der Waals surface area contributed by atoms with E-state index in [0.717, 1.165) is 35.5 Å². The fourth-order valence-electron chi connectivity index (χ4n) is 3.68. The normalized spacial score (nSPS) is 16.3. The summed E-state index contributed by atoms with van der Waals surface area (Å²) < 4.78 is 32.6. The van der Waals surface area contributed by atoms with Gasteiger partial charge in [-0.3, -0.25) is 0 Å². The first-order valence-corrected chi connectivity index (χ1v) is 8.60. The Morgan fingerprint density at radius 2 is 1.73 bits per heavy atom. The van der Waals surface area contributed by atoms with Crippen LogP contribution in [0.3, 0.4) is 0 Å². The standard InChI is InChI=1S/C22H19F2NO/c1-26-20-9-10-21-15(14-20)11-12-25(19-7-5-17(23)6-8-19)22(21)16-3-2-4-18(24)13-16/h2-10,13-14,22H,11-12H2,1H3/t22-/m1/s1. The number of hydrogen-bond acceptors (Lipinski definition) is 2. The Bertz CT molecular complexity index is 924. The largest absolute Gasteiger partial charge is 0.497 e. The summed E-state index contributed by atoms with van der Waals surface area (Å²) in [5.41, 5.74) is 4.10. The van der Waals surface area contributed by atoms with Crippen LogP contribution in [0.5, 0.6) is 5.75 Å². The lowest BCUT2D eigenvalue weighted by Crippen LogP contribution is -2.36. The second-order valence-electron chi connectivity index (χ2n) is 6.44. The van der Waals surface area contributed by atoms with Gasteiger partial charge in [-0.2, -0.15) is 0 Å². The minimum Gasteiger partial charge on any atom is -0.497 e. The van der Waals surface area contributed by atoms with E-state index in [2.05, 4.69) is 4.90 Å². The molecule has 1 atom stereocenters. The van der Waals surface area contributed by atoms with E-state index in [1.54, 1.807) is 31.4 Å². The van der Waals surface area contributed by atoms with E-state index < -0.39 is 0 Å². The second kappa shape index (κ2) is 6.79. The maximum Gasteiger partial charge on any atom is 0.123 e. The van der Waals surface area contributed by atoms with Crippen LogP contribution in [-0.4, -0.2) is 13.7 Å². The van der Waals surface area contributed by atoms with Gasteiger partial charge in [-0.25, -0.2) is 8.78 Å². The predicted octanol–water partition coefficient (Wildman–Crippen LogP) is 5.13. The van der Waals surface area contributed by atoms with E-state index in [-0.39, 0.29) is 17.7 Å². The van der Waals surface area contributed by atoms with E-state index in [9.17, 15) is 8.78 Å². The predicted molar refractivity (Wildman–Crippen MR) is 98.7 cm³/mol. The highest BCUT2D eigenvalue weighted by atomic mass is 19.1. The first kappa shape index (κ1) is 16.6. The van der Waals surface area contributed by atoms with Gasteiger partial charge in [0.05, 0.1) is 13.2 Å². The number of benzene rings is 3. The van der Waals surface area contributed by atoms with Crippen molar-refractivity contribution in [1.29, 1.82) is 0 Å². The molecule has 2 nitrogen and oxygen atoms in total. The minimum absolute atomic E-state index is 0.134. The van der Waals surface area contributed by atoms with E-state index in [0.29, 0.717) is 0 Å². The SMILES string of the molecule is COc1ccc2c(c1)CCN(c1ccc(F)cc1)[C@@H]2c1cccc(F)c1. The third-order valence-electron chi connectivity index (χ3n) is 4.90. The van der Waals surface area contributed by atoms with Crippen LogP contribution in [0, 0.1) is 11.6 Å². The van der Waals surface area contributed by atoms with Gasteiger partial charge in [-0.1, -0.05) is 18.2 Å². The molecule has 0 spiro atoms. The lowest BCUT2D eigenvalue weighted by molar-refractivity contribution is 0.413. The highest BCUT2D eigenvalue weighted by molar-refractivity contribution is 5.56. The van der Waals surface area contributed by atoms with Gasteiger partial charge in [0.15, 0.2) is 0 Å². The summed E-state index contributed by atoms with van der Waals surface area (Å²) in [5, 5.41) is 0. The number of ether oxygens (including phenoxy) is 1. The molecule has 1 heterocycles. The Kier molecular flexibility index (Phi) is 4.33. The zero-order valence-electron chi connectivity index (χ0n) is 14.5. The van der Waals surface area contributed by atoms with E-state index >= 15 is 0 Å². The van der Waals surface area contributed by atoms with Crippen molar-refractivity contribution < 1.29 is 13.5 Å². The molecule has 26 heavy (non-hydrogen) atoms. The summed E-state index contributed by atoms with van der Waals surface area (Å²) >= 11 is 0. The number of nitrogens with zero attached hydrogens (tertiary/aromatic N) is 1. The molecule has 1 aliphatic rings. The summed E-state index contributed by atoms with van der Waals surface area (Å²) in [6.07, 6.45) is 0.843. The average Bonchev–Trinajstić information content (AvgIpc) is 2.67. The van der Waals surface area contributed by atoms with Gasteiger partial charge in [0.1, 0.15) is 17.4 Å². The van der Waals surface area contributed by atoms with Gasteiger partial charge in [0.25, 0.3) is 0 Å². The van der Waals surface area contributed by atoms with Crippen LogP contribution < -0.4 is 9.64 Å². The topological polar surface area (TPSA) is 12.5 Å². The molecule has 132 valence electrons. The number of rotatable bonds is 3. The van der Waals surface area contributed by atoms with Gasteiger partial charge in [0.2, 0.25) is 0 Å². The Hall–Kier alpha value is -2.88. The average molecular weight is 351 g/mol. The number of methoxy groups -OCH3 is 1. The molecular weight excluding hydrogens is 332 g/mol. The van der Waals surface area contributed by atoms with Crippen molar-refractivity contribution in [2.75, 3.05) is 18.6 Å². The molecule has 3 aromatic rings. The van der Waals surface area contributed by atoms with Gasteiger partial charge < -0.3 is 9.64 Å². The Morgan fingerprint density at radius 3 is 2.46 bits per heavy atom. The molecule has 4 heteroatoms. The zero-order valence-corrected chi connectivity index (χ0v) is 14.5. The molecule has 0 N–H and O–H groups in total. The third kappa shape index (κ3) is 3.03. The molecule has 0 unspecified atom stereocenters. The Morgan fingerprint density at radius 1 is 0.923 bits per heavy atom. The molecule has 4 rings (SSSR count). The van der Waals surface area contributed by atoms with Crippen LogP contribution in [-0.2, 0) is 6.42 Å². The highest BCUT2D eigenvalue weighted by Crippen LogP contribution is 2.39. The summed E-state index contributed by atoms with van der Waals surface area (Å²) in [6.45, 7) is 0.757. The molecule has 0 aliphatic carbocycles. The number of hydrogen-bond donors (Lipinski definition) is 0. The molecule has 0 amide bonds. The fraction of sp³-hybridized carbons (Fsp3) is 0.182. The fourth-order valence-corrected chi connectivity index (χ4v) is 3.68. The Balaban J connectivity index is 1.85. The molecule has 0 aromatic heterocycles. The van der Waals surface area contributed by atoms with Crippen molar-refractivity contribution in [3.05, 3.63) is 95.1 Å². The van der Waals surface area contributed by atoms with Gasteiger partial charge in [-0.05, 0) is 71.6 Å². The maximum atomic E-state index is 13.9. The molecule has 0 saturated heterocycles. The molecule has 0 radical (unpaired) electrons. The lowest BCUT2D eigenvalue weighted by Gasteiger charge is -2.39. The maximum absolute atomic E-state index is 13.9. The summed E-state index contributed by atoms with van der Waals surface area (Å²) in [4.78, 5) is 2.20. The summed E-state index contributed by atoms with van der Waals surface area (Å²) in [6, 6.07) is 19.0. The van der Waals surface area contributed by atoms with Crippen LogP contribution in [0.2, 0.25) is 0 Å². The van der Waals surface area contributed by atoms with Crippen molar-refractivity contribution in [2.24, 2.45) is 0 Å². The quantitative estimate of drug-likeness (QED) is 0.649.